The van der Waals surface area contributed by atoms with Crippen LogP contribution in [-0.4, -0.2) is 16.8 Å². The van der Waals surface area contributed by atoms with Gasteiger partial charge in [0.05, 0.1) is 22.4 Å². The second-order valence-electron chi connectivity index (χ2n) is 4.85. The van der Waals surface area contributed by atoms with Crippen LogP contribution >= 0.6 is 15.9 Å². The molecule has 0 saturated heterocycles. The Balaban J connectivity index is 2.52. The molecule has 0 bridgehead atoms. The van der Waals surface area contributed by atoms with Crippen LogP contribution in [0.4, 0.5) is 4.39 Å². The molecule has 1 unspecified atom stereocenters. The number of nitrogens with zero attached hydrogens (tertiary/aromatic N) is 2. The zero-order valence-corrected chi connectivity index (χ0v) is 13.5. The molecule has 0 aliphatic carbocycles. The van der Waals surface area contributed by atoms with Crippen LogP contribution in [0.2, 0.25) is 0 Å². The summed E-state index contributed by atoms with van der Waals surface area (Å²) in [5.74, 6) is -0.203. The highest BCUT2D eigenvalue weighted by Crippen LogP contribution is 2.30. The Morgan fingerprint density at radius 3 is 2.85 bits per heavy atom. The van der Waals surface area contributed by atoms with Gasteiger partial charge in [-0.25, -0.2) is 4.39 Å². The van der Waals surface area contributed by atoms with Crippen LogP contribution in [0.1, 0.15) is 36.2 Å². The van der Waals surface area contributed by atoms with Gasteiger partial charge < -0.3 is 5.32 Å². The highest BCUT2D eigenvalue weighted by atomic mass is 79.9. The summed E-state index contributed by atoms with van der Waals surface area (Å²) in [5.41, 5.74) is 2.64. The number of rotatable bonds is 5. The summed E-state index contributed by atoms with van der Waals surface area (Å²) in [5, 5.41) is 7.56. The van der Waals surface area contributed by atoms with Crippen molar-refractivity contribution in [1.82, 2.24) is 15.1 Å². The van der Waals surface area contributed by atoms with Crippen molar-refractivity contribution in [2.75, 3.05) is 7.05 Å². The Bertz CT molecular complexity index is 595. The first kappa shape index (κ1) is 15.2. The molecule has 1 heterocycles. The van der Waals surface area contributed by atoms with Crippen molar-refractivity contribution in [3.63, 3.8) is 0 Å². The number of hydrogen-bond donors (Lipinski definition) is 1. The molecule has 0 radical (unpaired) electrons. The molecule has 3 nitrogen and oxygen atoms in total. The van der Waals surface area contributed by atoms with E-state index in [4.69, 9.17) is 0 Å². The fraction of sp³-hybridized carbons (Fsp3) is 0.400. The summed E-state index contributed by atoms with van der Waals surface area (Å²) < 4.78 is 17.0. The Morgan fingerprint density at radius 2 is 2.20 bits per heavy atom. The molecule has 1 aromatic carbocycles. The second-order valence-corrected chi connectivity index (χ2v) is 5.70. The van der Waals surface area contributed by atoms with Crippen LogP contribution in [0.15, 0.2) is 28.9 Å². The van der Waals surface area contributed by atoms with Crippen LogP contribution in [0.3, 0.4) is 0 Å². The van der Waals surface area contributed by atoms with Crippen molar-refractivity contribution >= 4 is 15.9 Å². The normalized spacial score (nSPS) is 12.7. The third-order valence-corrected chi connectivity index (χ3v) is 3.90. The van der Waals surface area contributed by atoms with Gasteiger partial charge in [-0.1, -0.05) is 24.6 Å². The third-order valence-electron chi connectivity index (χ3n) is 3.29. The van der Waals surface area contributed by atoms with Gasteiger partial charge in [-0.2, -0.15) is 5.10 Å². The Kier molecular flexibility index (Phi) is 4.94. The minimum atomic E-state index is -0.224. The lowest BCUT2D eigenvalue weighted by Crippen LogP contribution is -2.23. The molecule has 1 atom stereocenters. The third kappa shape index (κ3) is 2.94. The van der Waals surface area contributed by atoms with Crippen LogP contribution in [0, 0.1) is 12.7 Å². The summed E-state index contributed by atoms with van der Waals surface area (Å²) >= 11 is 3.52. The lowest BCUT2D eigenvalue weighted by Gasteiger charge is -2.20. The van der Waals surface area contributed by atoms with E-state index in [-0.39, 0.29) is 11.9 Å². The number of nitrogens with one attached hydrogen (secondary N) is 1. The highest BCUT2D eigenvalue weighted by Gasteiger charge is 2.23. The summed E-state index contributed by atoms with van der Waals surface area (Å²) in [4.78, 5) is 0. The first-order chi connectivity index (χ1) is 9.58. The maximum Gasteiger partial charge on any atom is 0.128 e. The lowest BCUT2D eigenvalue weighted by atomic mass is 10.0. The fourth-order valence-electron chi connectivity index (χ4n) is 2.37. The minimum absolute atomic E-state index is 0.203. The van der Waals surface area contributed by atoms with E-state index in [0.717, 1.165) is 28.7 Å². The lowest BCUT2D eigenvalue weighted by molar-refractivity contribution is 0.514. The van der Waals surface area contributed by atoms with Crippen LogP contribution in [0.5, 0.6) is 0 Å². The fourth-order valence-corrected chi connectivity index (χ4v) is 2.90. The van der Waals surface area contributed by atoms with Gasteiger partial charge in [0.25, 0.3) is 0 Å². The number of hydrogen-bond acceptors (Lipinski definition) is 2. The second kappa shape index (κ2) is 6.50. The summed E-state index contributed by atoms with van der Waals surface area (Å²) in [6.45, 7) is 4.88. The Hall–Kier alpha value is -1.20. The molecule has 1 N–H and O–H groups in total. The van der Waals surface area contributed by atoms with E-state index >= 15 is 0 Å². The quantitative estimate of drug-likeness (QED) is 0.897. The van der Waals surface area contributed by atoms with E-state index in [0.29, 0.717) is 5.56 Å². The molecule has 0 saturated carbocycles. The Labute approximate surface area is 127 Å². The molecule has 2 rings (SSSR count). The van der Waals surface area contributed by atoms with Crippen molar-refractivity contribution in [2.24, 2.45) is 0 Å². The Morgan fingerprint density at radius 1 is 1.45 bits per heavy atom. The summed E-state index contributed by atoms with van der Waals surface area (Å²) in [6.07, 6.45) is 2.75. The van der Waals surface area contributed by atoms with Gasteiger partial charge in [0.2, 0.25) is 0 Å². The highest BCUT2D eigenvalue weighted by molar-refractivity contribution is 9.10. The van der Waals surface area contributed by atoms with Crippen molar-refractivity contribution in [2.45, 2.75) is 32.9 Å². The van der Waals surface area contributed by atoms with Crippen molar-refractivity contribution in [3.05, 3.63) is 51.5 Å². The molecule has 2 aromatic rings. The summed E-state index contributed by atoms with van der Waals surface area (Å²) in [6, 6.07) is 4.96. The monoisotopic (exact) mass is 339 g/mol. The van der Waals surface area contributed by atoms with E-state index in [1.165, 1.54) is 6.07 Å². The average molecular weight is 340 g/mol. The molecule has 0 spiro atoms. The van der Waals surface area contributed by atoms with E-state index < -0.39 is 0 Å². The zero-order valence-electron chi connectivity index (χ0n) is 12.0. The maximum absolute atomic E-state index is 14.2. The largest absolute Gasteiger partial charge is 0.308 e. The number of halogens is 2. The van der Waals surface area contributed by atoms with Crippen LogP contribution in [0.25, 0.3) is 0 Å². The molecule has 0 aliphatic rings. The molecule has 108 valence electrons. The molecule has 0 aliphatic heterocycles. The van der Waals surface area contributed by atoms with Gasteiger partial charge in [-0.3, -0.25) is 4.68 Å². The zero-order chi connectivity index (χ0) is 14.7. The van der Waals surface area contributed by atoms with E-state index in [1.54, 1.807) is 12.3 Å². The molecular weight excluding hydrogens is 321 g/mol. The van der Waals surface area contributed by atoms with Crippen molar-refractivity contribution < 1.29 is 4.39 Å². The van der Waals surface area contributed by atoms with E-state index in [1.807, 2.05) is 24.7 Å². The first-order valence-electron chi connectivity index (χ1n) is 6.73. The van der Waals surface area contributed by atoms with Crippen molar-refractivity contribution in [1.29, 1.82) is 0 Å². The standard InChI is InChI=1S/C15H19BrFN3/c1-4-7-20-15(12(16)9-19-20)14(18-3)11-8-10(2)5-6-13(11)17/h5-6,8-9,14,18H,4,7H2,1-3H3. The predicted octanol–water partition coefficient (Wildman–Crippen LogP) is 3.81. The number of aryl methyl sites for hydroxylation is 2. The maximum atomic E-state index is 14.2. The molecular formula is C15H19BrFN3. The minimum Gasteiger partial charge on any atom is -0.308 e. The molecule has 20 heavy (non-hydrogen) atoms. The van der Waals surface area contributed by atoms with Gasteiger partial charge in [-0.05, 0) is 42.4 Å². The van der Waals surface area contributed by atoms with Gasteiger partial charge >= 0.3 is 0 Å². The van der Waals surface area contributed by atoms with E-state index in [2.05, 4.69) is 33.3 Å². The molecule has 0 fully saturated rings. The van der Waals surface area contributed by atoms with E-state index in [9.17, 15) is 4.39 Å². The number of benzene rings is 1. The average Bonchev–Trinajstić information content (AvgIpc) is 2.77. The molecule has 0 amide bonds. The molecule has 5 heteroatoms. The van der Waals surface area contributed by atoms with Gasteiger partial charge in [0.15, 0.2) is 0 Å². The topological polar surface area (TPSA) is 29.9 Å². The first-order valence-corrected chi connectivity index (χ1v) is 7.52. The van der Waals surface area contributed by atoms with Crippen LogP contribution < -0.4 is 5.32 Å². The smallest absolute Gasteiger partial charge is 0.128 e. The van der Waals surface area contributed by atoms with Crippen LogP contribution in [-0.2, 0) is 6.54 Å². The van der Waals surface area contributed by atoms with Gasteiger partial charge in [-0.15, -0.1) is 0 Å². The SMILES string of the molecule is CCCn1ncc(Br)c1C(NC)c1cc(C)ccc1F. The van der Waals surface area contributed by atoms with Gasteiger partial charge in [0.1, 0.15) is 5.82 Å². The number of aromatic nitrogens is 2. The predicted molar refractivity (Wildman–Crippen MR) is 82.3 cm³/mol. The summed E-state index contributed by atoms with van der Waals surface area (Å²) in [7, 11) is 1.84. The van der Waals surface area contributed by atoms with Crippen molar-refractivity contribution in [3.8, 4) is 0 Å². The van der Waals surface area contributed by atoms with Gasteiger partial charge in [0, 0.05) is 12.1 Å². The molecule has 1 aromatic heterocycles.